The van der Waals surface area contributed by atoms with E-state index in [9.17, 15) is 9.59 Å². The monoisotopic (exact) mass is 522 g/mol. The highest BCUT2D eigenvalue weighted by Gasteiger charge is 2.40. The van der Waals surface area contributed by atoms with E-state index < -0.39 is 11.8 Å². The van der Waals surface area contributed by atoms with Gasteiger partial charge in [-0.1, -0.05) is 48.8 Å². The molecule has 1 aliphatic rings. The normalized spacial score (nSPS) is 13.4. The summed E-state index contributed by atoms with van der Waals surface area (Å²) in [7, 11) is 3.10. The number of amides is 2. The lowest BCUT2D eigenvalue weighted by Gasteiger charge is -2.16. The van der Waals surface area contributed by atoms with E-state index in [1.54, 1.807) is 37.4 Å². The zero-order valence-corrected chi connectivity index (χ0v) is 21.9. The number of anilines is 2. The average Bonchev–Trinajstić information content (AvgIpc) is 3.13. The lowest BCUT2D eigenvalue weighted by atomic mass is 10.1. The lowest BCUT2D eigenvalue weighted by Crippen LogP contribution is -2.32. The Hall–Kier alpha value is -3.42. The standard InChI is InChI=1S/C28H27ClN2O4S/c1-4-5-6-18-7-11-20(12-8-18)31-27(32)25(30-23-16-13-21(34-2)17-24(23)35-3)26(28(31)33)36-22-14-9-19(29)10-15-22/h7-17,30H,4-6H2,1-3H3. The predicted molar refractivity (Wildman–Crippen MR) is 145 cm³/mol. The molecule has 0 unspecified atom stereocenters. The van der Waals surface area contributed by atoms with Gasteiger partial charge in [0, 0.05) is 16.0 Å². The molecule has 0 saturated heterocycles. The number of carbonyl (C=O) groups is 2. The smallest absolute Gasteiger partial charge is 0.283 e. The fourth-order valence-electron chi connectivity index (χ4n) is 3.80. The zero-order chi connectivity index (χ0) is 25.7. The van der Waals surface area contributed by atoms with Gasteiger partial charge in [-0.3, -0.25) is 9.59 Å². The van der Waals surface area contributed by atoms with Gasteiger partial charge in [-0.25, -0.2) is 4.90 Å². The van der Waals surface area contributed by atoms with E-state index in [-0.39, 0.29) is 10.6 Å². The number of carbonyl (C=O) groups excluding carboxylic acids is 2. The van der Waals surface area contributed by atoms with E-state index in [2.05, 4.69) is 12.2 Å². The van der Waals surface area contributed by atoms with Gasteiger partial charge >= 0.3 is 0 Å². The van der Waals surface area contributed by atoms with Gasteiger partial charge in [0.1, 0.15) is 22.1 Å². The molecule has 3 aromatic carbocycles. The molecule has 1 aliphatic heterocycles. The predicted octanol–water partition coefficient (Wildman–Crippen LogP) is 6.69. The average molecular weight is 523 g/mol. The Balaban J connectivity index is 1.70. The SMILES string of the molecule is CCCCc1ccc(N2C(=O)C(Nc3ccc(OC)cc3OC)=C(Sc3ccc(Cl)cc3)C2=O)cc1. The van der Waals surface area contributed by atoms with Crippen molar-refractivity contribution in [1.82, 2.24) is 0 Å². The number of nitrogens with one attached hydrogen (secondary N) is 1. The summed E-state index contributed by atoms with van der Waals surface area (Å²) in [5, 5.41) is 3.74. The van der Waals surface area contributed by atoms with E-state index in [1.807, 2.05) is 36.4 Å². The summed E-state index contributed by atoms with van der Waals surface area (Å²) < 4.78 is 10.8. The fourth-order valence-corrected chi connectivity index (χ4v) is 4.85. The van der Waals surface area contributed by atoms with Crippen LogP contribution in [0, 0.1) is 0 Å². The third-order valence-electron chi connectivity index (χ3n) is 5.76. The third kappa shape index (κ3) is 5.53. The first-order chi connectivity index (χ1) is 17.4. The van der Waals surface area contributed by atoms with E-state index in [4.69, 9.17) is 21.1 Å². The first-order valence-corrected chi connectivity index (χ1v) is 12.8. The van der Waals surface area contributed by atoms with Gasteiger partial charge in [-0.15, -0.1) is 0 Å². The minimum atomic E-state index is -0.435. The van der Waals surface area contributed by atoms with Gasteiger partial charge in [0.15, 0.2) is 0 Å². The second-order valence-electron chi connectivity index (χ2n) is 8.17. The van der Waals surface area contributed by atoms with Crippen LogP contribution >= 0.6 is 23.4 Å². The van der Waals surface area contributed by atoms with Gasteiger partial charge in [0.25, 0.3) is 11.8 Å². The van der Waals surface area contributed by atoms with Crippen molar-refractivity contribution >= 4 is 46.6 Å². The second-order valence-corrected chi connectivity index (χ2v) is 9.69. The topological polar surface area (TPSA) is 67.9 Å². The Bertz CT molecular complexity index is 1290. The molecule has 0 aliphatic carbocycles. The number of hydrogen-bond donors (Lipinski definition) is 1. The van der Waals surface area contributed by atoms with Crippen LogP contribution in [0.15, 0.2) is 82.2 Å². The van der Waals surface area contributed by atoms with Crippen molar-refractivity contribution in [3.8, 4) is 11.5 Å². The molecule has 0 bridgehead atoms. The summed E-state index contributed by atoms with van der Waals surface area (Å²) in [4.78, 5) is 29.5. The van der Waals surface area contributed by atoms with E-state index >= 15 is 0 Å². The first kappa shape index (κ1) is 25.7. The Morgan fingerprint density at radius 1 is 0.917 bits per heavy atom. The quantitative estimate of drug-likeness (QED) is 0.299. The number of rotatable bonds is 10. The largest absolute Gasteiger partial charge is 0.497 e. The summed E-state index contributed by atoms with van der Waals surface area (Å²) >= 11 is 7.25. The molecule has 0 fully saturated rings. The molecule has 2 amide bonds. The van der Waals surface area contributed by atoms with Gasteiger partial charge in [0.05, 0.1) is 25.6 Å². The van der Waals surface area contributed by atoms with E-state index in [1.165, 1.54) is 29.3 Å². The molecule has 0 saturated carbocycles. The lowest BCUT2D eigenvalue weighted by molar-refractivity contribution is -0.120. The van der Waals surface area contributed by atoms with Crippen molar-refractivity contribution < 1.29 is 19.1 Å². The number of benzene rings is 3. The van der Waals surface area contributed by atoms with E-state index in [0.29, 0.717) is 27.9 Å². The number of aryl methyl sites for hydroxylation is 1. The van der Waals surface area contributed by atoms with Crippen LogP contribution in [0.5, 0.6) is 11.5 Å². The van der Waals surface area contributed by atoms with Gasteiger partial charge in [0.2, 0.25) is 0 Å². The Kier molecular flexibility index (Phi) is 8.23. The maximum Gasteiger partial charge on any atom is 0.283 e. The molecule has 36 heavy (non-hydrogen) atoms. The van der Waals surface area contributed by atoms with Crippen molar-refractivity contribution in [2.24, 2.45) is 0 Å². The minimum absolute atomic E-state index is 0.179. The molecule has 8 heteroatoms. The van der Waals surface area contributed by atoms with Crippen LogP contribution in [0.3, 0.4) is 0 Å². The number of imide groups is 1. The maximum atomic E-state index is 13.6. The highest BCUT2D eigenvalue weighted by molar-refractivity contribution is 8.04. The number of hydrogen-bond acceptors (Lipinski definition) is 6. The van der Waals surface area contributed by atoms with Gasteiger partial charge < -0.3 is 14.8 Å². The summed E-state index contributed by atoms with van der Waals surface area (Å²) in [6.45, 7) is 2.15. The van der Waals surface area contributed by atoms with Gasteiger partial charge in [-0.2, -0.15) is 0 Å². The van der Waals surface area contributed by atoms with Crippen molar-refractivity contribution in [2.75, 3.05) is 24.4 Å². The minimum Gasteiger partial charge on any atom is -0.497 e. The molecular formula is C28H27ClN2O4S. The molecular weight excluding hydrogens is 496 g/mol. The summed E-state index contributed by atoms with van der Waals surface area (Å²) in [6, 6.07) is 19.9. The van der Waals surface area contributed by atoms with Crippen molar-refractivity contribution in [1.29, 1.82) is 0 Å². The summed E-state index contributed by atoms with van der Waals surface area (Å²) in [6.07, 6.45) is 3.14. The second kappa shape index (κ2) is 11.5. The number of ether oxygens (including phenoxy) is 2. The van der Waals surface area contributed by atoms with Crippen LogP contribution in [0.1, 0.15) is 25.3 Å². The molecule has 0 spiro atoms. The fraction of sp³-hybridized carbons (Fsp3) is 0.214. The van der Waals surface area contributed by atoms with E-state index in [0.717, 1.165) is 24.2 Å². The first-order valence-electron chi connectivity index (χ1n) is 11.6. The molecule has 4 rings (SSSR count). The van der Waals surface area contributed by atoms with Crippen LogP contribution in [0.2, 0.25) is 5.02 Å². The van der Waals surface area contributed by atoms with Crippen LogP contribution < -0.4 is 19.7 Å². The van der Waals surface area contributed by atoms with Crippen molar-refractivity contribution in [2.45, 2.75) is 31.1 Å². The molecule has 1 N–H and O–H groups in total. The molecule has 0 radical (unpaired) electrons. The zero-order valence-electron chi connectivity index (χ0n) is 20.3. The number of unbranched alkanes of at least 4 members (excludes halogenated alkanes) is 1. The molecule has 0 aromatic heterocycles. The number of methoxy groups -OCH3 is 2. The number of nitrogens with zero attached hydrogens (tertiary/aromatic N) is 1. The molecule has 186 valence electrons. The van der Waals surface area contributed by atoms with Crippen LogP contribution in [0.25, 0.3) is 0 Å². The molecule has 1 heterocycles. The highest BCUT2D eigenvalue weighted by atomic mass is 35.5. The Labute approximate surface area is 220 Å². The Morgan fingerprint density at radius 2 is 1.64 bits per heavy atom. The van der Waals surface area contributed by atoms with Crippen molar-refractivity contribution in [3.05, 3.63) is 87.9 Å². The van der Waals surface area contributed by atoms with Gasteiger partial charge in [-0.05, 0) is 66.9 Å². The molecule has 0 atom stereocenters. The van der Waals surface area contributed by atoms with Crippen LogP contribution in [-0.4, -0.2) is 26.0 Å². The summed E-state index contributed by atoms with van der Waals surface area (Å²) in [5.74, 6) is 0.268. The number of thioether (sulfide) groups is 1. The maximum absolute atomic E-state index is 13.6. The molecule has 6 nitrogen and oxygen atoms in total. The molecule has 3 aromatic rings. The van der Waals surface area contributed by atoms with Crippen LogP contribution in [0.4, 0.5) is 11.4 Å². The Morgan fingerprint density at radius 3 is 2.28 bits per heavy atom. The van der Waals surface area contributed by atoms with Crippen molar-refractivity contribution in [3.63, 3.8) is 0 Å². The third-order valence-corrected chi connectivity index (χ3v) is 7.10. The summed E-state index contributed by atoms with van der Waals surface area (Å²) in [5.41, 5.74) is 2.42. The number of halogens is 1. The highest BCUT2D eigenvalue weighted by Crippen LogP contribution is 2.40. The van der Waals surface area contributed by atoms with Crippen LogP contribution in [-0.2, 0) is 16.0 Å².